The number of likely N-dealkylation sites (tertiary alicyclic amines) is 1. The van der Waals surface area contributed by atoms with E-state index in [4.69, 9.17) is 14.7 Å². The van der Waals surface area contributed by atoms with E-state index < -0.39 is 0 Å². The number of nitriles is 1. The highest BCUT2D eigenvalue weighted by Gasteiger charge is 2.33. The number of ether oxygens (including phenoxy) is 2. The molecule has 19 heavy (non-hydrogen) atoms. The van der Waals surface area contributed by atoms with Crippen LogP contribution in [-0.4, -0.2) is 44.4 Å². The fourth-order valence-corrected chi connectivity index (χ4v) is 2.41. The lowest BCUT2D eigenvalue weighted by molar-refractivity contribution is -0.00461. The molecule has 1 aliphatic rings. The predicted octanol–water partition coefficient (Wildman–Crippen LogP) is 1.54. The van der Waals surface area contributed by atoms with E-state index in [-0.39, 0.29) is 18.0 Å². The number of methoxy groups -OCH3 is 2. The van der Waals surface area contributed by atoms with Crippen LogP contribution in [0.2, 0.25) is 0 Å². The molecule has 0 radical (unpaired) electrons. The molecule has 1 aromatic carbocycles. The minimum atomic E-state index is -0.283. The third-order valence-electron chi connectivity index (χ3n) is 3.47. The summed E-state index contributed by atoms with van der Waals surface area (Å²) in [5.41, 5.74) is 1.01. The van der Waals surface area contributed by atoms with Crippen LogP contribution < -0.4 is 0 Å². The lowest BCUT2D eigenvalue weighted by Gasteiger charge is -2.15. The number of benzene rings is 1. The normalized spacial score (nSPS) is 23.5. The summed E-state index contributed by atoms with van der Waals surface area (Å²) in [4.78, 5) is 2.07. The molecule has 0 aromatic heterocycles. The third-order valence-corrected chi connectivity index (χ3v) is 3.47. The number of rotatable bonds is 4. The molecular formula is C14H17FN2O2. The zero-order valence-corrected chi connectivity index (χ0v) is 11.1. The fraction of sp³-hybridized carbons (Fsp3) is 0.500. The first kappa shape index (κ1) is 13.9. The SMILES string of the molecule is COC1CN(Cc2cc(C#N)ccc2F)CC1OC. The largest absolute Gasteiger partial charge is 0.377 e. The highest BCUT2D eigenvalue weighted by Crippen LogP contribution is 2.20. The molecule has 0 spiro atoms. The van der Waals surface area contributed by atoms with Gasteiger partial charge < -0.3 is 9.47 Å². The van der Waals surface area contributed by atoms with E-state index in [2.05, 4.69) is 4.90 Å². The average molecular weight is 264 g/mol. The maximum Gasteiger partial charge on any atom is 0.127 e. The predicted molar refractivity (Wildman–Crippen MR) is 68.0 cm³/mol. The van der Waals surface area contributed by atoms with Crippen LogP contribution in [0, 0.1) is 17.1 Å². The van der Waals surface area contributed by atoms with E-state index in [9.17, 15) is 4.39 Å². The second-order valence-electron chi connectivity index (χ2n) is 4.66. The monoisotopic (exact) mass is 264 g/mol. The molecule has 1 fully saturated rings. The molecule has 1 saturated heterocycles. The summed E-state index contributed by atoms with van der Waals surface area (Å²) in [6.45, 7) is 1.86. The van der Waals surface area contributed by atoms with Gasteiger partial charge in [0, 0.05) is 39.4 Å². The molecule has 1 aliphatic heterocycles. The second kappa shape index (κ2) is 6.11. The van der Waals surface area contributed by atoms with Gasteiger partial charge in [-0.3, -0.25) is 4.90 Å². The van der Waals surface area contributed by atoms with Gasteiger partial charge in [0.15, 0.2) is 0 Å². The lowest BCUT2D eigenvalue weighted by atomic mass is 10.1. The number of nitrogens with zero attached hydrogens (tertiary/aromatic N) is 2. The molecule has 2 unspecified atom stereocenters. The van der Waals surface area contributed by atoms with Crippen LogP contribution in [-0.2, 0) is 16.0 Å². The van der Waals surface area contributed by atoms with Gasteiger partial charge in [0.05, 0.1) is 23.8 Å². The summed E-state index contributed by atoms with van der Waals surface area (Å²) in [5, 5.41) is 8.85. The highest BCUT2D eigenvalue weighted by molar-refractivity contribution is 5.33. The zero-order valence-electron chi connectivity index (χ0n) is 11.1. The summed E-state index contributed by atoms with van der Waals surface area (Å²) in [6, 6.07) is 6.44. The van der Waals surface area contributed by atoms with E-state index in [1.54, 1.807) is 20.3 Å². The van der Waals surface area contributed by atoms with Crippen LogP contribution in [0.4, 0.5) is 4.39 Å². The standard InChI is InChI=1S/C14H17FN2O2/c1-18-13-8-17(9-14(13)19-2)7-11-5-10(6-16)3-4-12(11)15/h3-5,13-14H,7-9H2,1-2H3. The number of hydrogen-bond donors (Lipinski definition) is 0. The van der Waals surface area contributed by atoms with E-state index in [1.807, 2.05) is 6.07 Å². The van der Waals surface area contributed by atoms with Gasteiger partial charge in [-0.1, -0.05) is 0 Å². The van der Waals surface area contributed by atoms with Crippen molar-refractivity contribution in [3.05, 3.63) is 35.1 Å². The molecule has 102 valence electrons. The number of hydrogen-bond acceptors (Lipinski definition) is 4. The van der Waals surface area contributed by atoms with Crippen LogP contribution in [0.5, 0.6) is 0 Å². The van der Waals surface area contributed by atoms with E-state index in [0.29, 0.717) is 30.8 Å². The van der Waals surface area contributed by atoms with Gasteiger partial charge in [-0.05, 0) is 18.2 Å². The Bertz CT molecular complexity index is 475. The molecule has 0 saturated carbocycles. The summed E-state index contributed by atoms with van der Waals surface area (Å²) < 4.78 is 24.4. The summed E-state index contributed by atoms with van der Waals surface area (Å²) in [7, 11) is 3.30. The first-order chi connectivity index (χ1) is 9.17. The maximum absolute atomic E-state index is 13.7. The third kappa shape index (κ3) is 3.10. The maximum atomic E-state index is 13.7. The van der Waals surface area contributed by atoms with Crippen molar-refractivity contribution in [1.82, 2.24) is 4.90 Å². The van der Waals surface area contributed by atoms with Gasteiger partial charge in [0.2, 0.25) is 0 Å². The Balaban J connectivity index is 2.08. The van der Waals surface area contributed by atoms with Crippen molar-refractivity contribution in [1.29, 1.82) is 5.26 Å². The van der Waals surface area contributed by atoms with Gasteiger partial charge in [-0.25, -0.2) is 4.39 Å². The van der Waals surface area contributed by atoms with E-state index >= 15 is 0 Å². The van der Waals surface area contributed by atoms with Crippen molar-refractivity contribution >= 4 is 0 Å². The molecule has 0 amide bonds. The summed E-state index contributed by atoms with van der Waals surface area (Å²) in [5.74, 6) is -0.283. The Kier molecular flexibility index (Phi) is 4.48. The molecule has 1 heterocycles. The van der Waals surface area contributed by atoms with Gasteiger partial charge in [0.25, 0.3) is 0 Å². The van der Waals surface area contributed by atoms with Gasteiger partial charge in [0.1, 0.15) is 5.82 Å². The first-order valence-electron chi connectivity index (χ1n) is 6.14. The summed E-state index contributed by atoms with van der Waals surface area (Å²) >= 11 is 0. The smallest absolute Gasteiger partial charge is 0.127 e. The van der Waals surface area contributed by atoms with Gasteiger partial charge in [-0.15, -0.1) is 0 Å². The van der Waals surface area contributed by atoms with Crippen LogP contribution in [0.25, 0.3) is 0 Å². The quantitative estimate of drug-likeness (QED) is 0.827. The second-order valence-corrected chi connectivity index (χ2v) is 4.66. The van der Waals surface area contributed by atoms with E-state index in [0.717, 1.165) is 0 Å². The molecule has 1 aromatic rings. The van der Waals surface area contributed by atoms with Crippen molar-refractivity contribution in [2.45, 2.75) is 18.8 Å². The minimum Gasteiger partial charge on any atom is -0.377 e. The van der Waals surface area contributed by atoms with Crippen LogP contribution in [0.3, 0.4) is 0 Å². The zero-order chi connectivity index (χ0) is 13.8. The Labute approximate surface area is 112 Å². The molecular weight excluding hydrogens is 247 g/mol. The van der Waals surface area contributed by atoms with E-state index in [1.165, 1.54) is 12.1 Å². The average Bonchev–Trinajstić information content (AvgIpc) is 2.83. The molecule has 2 rings (SSSR count). The molecule has 2 atom stereocenters. The van der Waals surface area contributed by atoms with Crippen molar-refractivity contribution in [3.8, 4) is 6.07 Å². The first-order valence-corrected chi connectivity index (χ1v) is 6.14. The lowest BCUT2D eigenvalue weighted by Crippen LogP contribution is -2.27. The molecule has 0 bridgehead atoms. The molecule has 0 aliphatic carbocycles. The Morgan fingerprint density at radius 3 is 2.47 bits per heavy atom. The topological polar surface area (TPSA) is 45.5 Å². The fourth-order valence-electron chi connectivity index (χ4n) is 2.41. The highest BCUT2D eigenvalue weighted by atomic mass is 19.1. The molecule has 5 heteroatoms. The van der Waals surface area contributed by atoms with Crippen molar-refractivity contribution in [2.75, 3.05) is 27.3 Å². The minimum absolute atomic E-state index is 0.00668. The van der Waals surface area contributed by atoms with Gasteiger partial charge >= 0.3 is 0 Å². The Morgan fingerprint density at radius 2 is 1.95 bits per heavy atom. The summed E-state index contributed by atoms with van der Waals surface area (Å²) in [6.07, 6.45) is 0.0134. The van der Waals surface area contributed by atoms with Crippen LogP contribution in [0.1, 0.15) is 11.1 Å². The van der Waals surface area contributed by atoms with Crippen LogP contribution >= 0.6 is 0 Å². The molecule has 4 nitrogen and oxygen atoms in total. The van der Waals surface area contributed by atoms with Crippen molar-refractivity contribution in [2.24, 2.45) is 0 Å². The van der Waals surface area contributed by atoms with Gasteiger partial charge in [-0.2, -0.15) is 5.26 Å². The van der Waals surface area contributed by atoms with Crippen molar-refractivity contribution < 1.29 is 13.9 Å². The Morgan fingerprint density at radius 1 is 1.32 bits per heavy atom. The number of halogens is 1. The Hall–Kier alpha value is -1.48. The van der Waals surface area contributed by atoms with Crippen molar-refractivity contribution in [3.63, 3.8) is 0 Å². The van der Waals surface area contributed by atoms with Crippen LogP contribution in [0.15, 0.2) is 18.2 Å². The molecule has 0 N–H and O–H groups in total.